The van der Waals surface area contributed by atoms with Crippen LogP contribution in [0.15, 0.2) is 29.2 Å². The average molecular weight is 400 g/mol. The quantitative estimate of drug-likeness (QED) is 0.679. The van der Waals surface area contributed by atoms with Gasteiger partial charge in [-0.15, -0.1) is 0 Å². The standard InChI is InChI=1S/C17H21FN2O6S/c1-11(2)16(19-27(24,25)13-7-4-3-6-12(13)18)17(23)26-10-15(22)20-9-5-8-14(20)21/h3-4,6-7,11,16,19H,5,8-10H2,1-2H3/t16-/m0/s1. The summed E-state index contributed by atoms with van der Waals surface area (Å²) in [7, 11) is -4.32. The van der Waals surface area contributed by atoms with E-state index >= 15 is 0 Å². The summed E-state index contributed by atoms with van der Waals surface area (Å²) in [4.78, 5) is 36.1. The van der Waals surface area contributed by atoms with Gasteiger partial charge in [0.1, 0.15) is 16.8 Å². The Morgan fingerprint density at radius 3 is 2.52 bits per heavy atom. The summed E-state index contributed by atoms with van der Waals surface area (Å²) in [6.45, 7) is 2.74. The van der Waals surface area contributed by atoms with Crippen LogP contribution in [0.25, 0.3) is 0 Å². The maximum atomic E-state index is 13.8. The molecule has 0 radical (unpaired) electrons. The minimum atomic E-state index is -4.32. The molecule has 0 bridgehead atoms. The van der Waals surface area contributed by atoms with Crippen LogP contribution in [-0.2, 0) is 29.1 Å². The van der Waals surface area contributed by atoms with Gasteiger partial charge in [0.25, 0.3) is 5.91 Å². The lowest BCUT2D eigenvalue weighted by molar-refractivity contribution is -0.156. The molecule has 1 aliphatic heterocycles. The van der Waals surface area contributed by atoms with Crippen LogP contribution in [0.3, 0.4) is 0 Å². The summed E-state index contributed by atoms with van der Waals surface area (Å²) in [5.41, 5.74) is 0. The Morgan fingerprint density at radius 2 is 1.96 bits per heavy atom. The number of esters is 1. The van der Waals surface area contributed by atoms with Gasteiger partial charge in [-0.3, -0.25) is 19.3 Å². The highest BCUT2D eigenvalue weighted by Gasteiger charge is 2.32. The first-order chi connectivity index (χ1) is 12.6. The van der Waals surface area contributed by atoms with E-state index < -0.39 is 51.2 Å². The highest BCUT2D eigenvalue weighted by Crippen LogP contribution is 2.16. The van der Waals surface area contributed by atoms with Gasteiger partial charge < -0.3 is 4.74 Å². The number of halogens is 1. The molecule has 1 atom stereocenters. The lowest BCUT2D eigenvalue weighted by Crippen LogP contribution is -2.46. The van der Waals surface area contributed by atoms with E-state index in [0.29, 0.717) is 6.42 Å². The van der Waals surface area contributed by atoms with Gasteiger partial charge in [-0.05, 0) is 24.5 Å². The fraction of sp³-hybridized carbons (Fsp3) is 0.471. The van der Waals surface area contributed by atoms with Gasteiger partial charge in [-0.2, -0.15) is 4.72 Å². The van der Waals surface area contributed by atoms with Crippen molar-refractivity contribution in [2.75, 3.05) is 13.2 Å². The van der Waals surface area contributed by atoms with E-state index in [0.717, 1.165) is 17.0 Å². The summed E-state index contributed by atoms with van der Waals surface area (Å²) in [5, 5.41) is 0. The van der Waals surface area contributed by atoms with E-state index in [1.165, 1.54) is 12.1 Å². The zero-order chi connectivity index (χ0) is 20.2. The van der Waals surface area contributed by atoms with Crippen LogP contribution in [0.2, 0.25) is 0 Å². The number of nitrogens with one attached hydrogen (secondary N) is 1. The van der Waals surface area contributed by atoms with Crippen molar-refractivity contribution in [2.45, 2.75) is 37.6 Å². The van der Waals surface area contributed by atoms with E-state index in [2.05, 4.69) is 4.72 Å². The Hall–Kier alpha value is -2.33. The zero-order valence-corrected chi connectivity index (χ0v) is 15.8. The Balaban J connectivity index is 2.06. The monoisotopic (exact) mass is 400 g/mol. The maximum Gasteiger partial charge on any atom is 0.324 e. The van der Waals surface area contributed by atoms with Crippen LogP contribution in [0.5, 0.6) is 0 Å². The Morgan fingerprint density at radius 1 is 1.30 bits per heavy atom. The Labute approximate surface area is 156 Å². The van der Waals surface area contributed by atoms with Crippen LogP contribution in [-0.4, -0.2) is 50.3 Å². The van der Waals surface area contributed by atoms with Crippen molar-refractivity contribution in [1.82, 2.24) is 9.62 Å². The minimum Gasteiger partial charge on any atom is -0.454 e. The number of benzene rings is 1. The van der Waals surface area contributed by atoms with E-state index in [1.54, 1.807) is 13.8 Å². The molecule has 27 heavy (non-hydrogen) atoms. The second kappa shape index (κ2) is 8.57. The van der Waals surface area contributed by atoms with Gasteiger partial charge in [0, 0.05) is 13.0 Å². The van der Waals surface area contributed by atoms with Gasteiger partial charge in [0.05, 0.1) is 0 Å². The molecule has 1 aromatic carbocycles. The van der Waals surface area contributed by atoms with Gasteiger partial charge >= 0.3 is 5.97 Å². The predicted octanol–water partition coefficient (Wildman–Crippen LogP) is 0.821. The average Bonchev–Trinajstić information content (AvgIpc) is 3.03. The highest BCUT2D eigenvalue weighted by molar-refractivity contribution is 7.89. The molecule has 0 saturated carbocycles. The first kappa shape index (κ1) is 21.0. The molecular formula is C17H21FN2O6S. The number of likely N-dealkylation sites (tertiary alicyclic amines) is 1. The molecule has 8 nitrogen and oxygen atoms in total. The molecule has 1 fully saturated rings. The molecule has 1 N–H and O–H groups in total. The number of ether oxygens (including phenoxy) is 1. The van der Waals surface area contributed by atoms with Crippen molar-refractivity contribution in [1.29, 1.82) is 0 Å². The third kappa shape index (κ3) is 5.10. The molecule has 10 heteroatoms. The number of nitrogens with zero attached hydrogens (tertiary/aromatic N) is 1. The molecule has 148 valence electrons. The molecule has 0 aliphatic carbocycles. The second-order valence-electron chi connectivity index (χ2n) is 6.42. The summed E-state index contributed by atoms with van der Waals surface area (Å²) >= 11 is 0. The molecule has 2 rings (SSSR count). The van der Waals surface area contributed by atoms with Crippen molar-refractivity contribution < 1.29 is 31.9 Å². The van der Waals surface area contributed by atoms with Crippen molar-refractivity contribution in [3.05, 3.63) is 30.1 Å². The predicted molar refractivity (Wildman–Crippen MR) is 92.3 cm³/mol. The van der Waals surface area contributed by atoms with Gasteiger partial charge in [0.2, 0.25) is 15.9 Å². The number of sulfonamides is 1. The Kier molecular flexibility index (Phi) is 6.66. The van der Waals surface area contributed by atoms with Crippen LogP contribution in [0.4, 0.5) is 4.39 Å². The fourth-order valence-electron chi connectivity index (χ4n) is 2.56. The number of carbonyl (C=O) groups excluding carboxylic acids is 3. The molecular weight excluding hydrogens is 379 g/mol. The molecule has 0 unspecified atom stereocenters. The van der Waals surface area contributed by atoms with Crippen LogP contribution in [0, 0.1) is 11.7 Å². The molecule has 1 aromatic rings. The van der Waals surface area contributed by atoms with E-state index in [4.69, 9.17) is 4.74 Å². The Bertz CT molecular complexity index is 840. The summed E-state index contributed by atoms with van der Waals surface area (Å²) < 4.78 is 45.6. The number of carbonyl (C=O) groups is 3. The first-order valence-corrected chi connectivity index (χ1v) is 9.88. The molecule has 0 aromatic heterocycles. The number of hydrogen-bond donors (Lipinski definition) is 1. The van der Waals surface area contributed by atoms with E-state index in [1.807, 2.05) is 0 Å². The van der Waals surface area contributed by atoms with E-state index in [9.17, 15) is 27.2 Å². The van der Waals surface area contributed by atoms with Crippen LogP contribution in [0.1, 0.15) is 26.7 Å². The number of rotatable bonds is 7. The molecule has 1 heterocycles. The number of amides is 2. The van der Waals surface area contributed by atoms with E-state index in [-0.39, 0.29) is 18.9 Å². The normalized spacial score (nSPS) is 15.9. The van der Waals surface area contributed by atoms with Crippen molar-refractivity contribution in [3.8, 4) is 0 Å². The van der Waals surface area contributed by atoms with Crippen molar-refractivity contribution in [3.63, 3.8) is 0 Å². The lowest BCUT2D eigenvalue weighted by atomic mass is 10.1. The van der Waals surface area contributed by atoms with Crippen LogP contribution >= 0.6 is 0 Å². The fourth-order valence-corrected chi connectivity index (χ4v) is 3.97. The maximum absolute atomic E-state index is 13.8. The van der Waals surface area contributed by atoms with Crippen molar-refractivity contribution >= 4 is 27.8 Å². The number of hydrogen-bond acceptors (Lipinski definition) is 6. The first-order valence-electron chi connectivity index (χ1n) is 8.40. The molecule has 0 spiro atoms. The zero-order valence-electron chi connectivity index (χ0n) is 15.0. The summed E-state index contributed by atoms with van der Waals surface area (Å²) in [5.74, 6) is -3.46. The number of imide groups is 1. The lowest BCUT2D eigenvalue weighted by Gasteiger charge is -2.21. The van der Waals surface area contributed by atoms with Gasteiger partial charge in [-0.25, -0.2) is 12.8 Å². The largest absolute Gasteiger partial charge is 0.454 e. The third-order valence-electron chi connectivity index (χ3n) is 4.04. The topological polar surface area (TPSA) is 110 Å². The van der Waals surface area contributed by atoms with Crippen molar-refractivity contribution in [2.24, 2.45) is 5.92 Å². The minimum absolute atomic E-state index is 0.261. The highest BCUT2D eigenvalue weighted by atomic mass is 32.2. The molecule has 1 saturated heterocycles. The smallest absolute Gasteiger partial charge is 0.324 e. The second-order valence-corrected chi connectivity index (χ2v) is 8.11. The van der Waals surface area contributed by atoms with Gasteiger partial charge in [0.15, 0.2) is 6.61 Å². The summed E-state index contributed by atoms with van der Waals surface area (Å²) in [6.07, 6.45) is 0.812. The third-order valence-corrected chi connectivity index (χ3v) is 5.52. The summed E-state index contributed by atoms with van der Waals surface area (Å²) in [6, 6.07) is 3.43. The van der Waals surface area contributed by atoms with Crippen LogP contribution < -0.4 is 4.72 Å². The van der Waals surface area contributed by atoms with Gasteiger partial charge in [-0.1, -0.05) is 26.0 Å². The molecule has 2 amide bonds. The molecule has 1 aliphatic rings. The SMILES string of the molecule is CC(C)[C@H](NS(=O)(=O)c1ccccc1F)C(=O)OCC(=O)N1CCCC1=O.